The molecule has 1 aliphatic carbocycles. The van der Waals surface area contributed by atoms with Gasteiger partial charge in [0, 0.05) is 6.04 Å². The molecule has 2 rings (SSSR count). The van der Waals surface area contributed by atoms with Crippen LogP contribution in [0.3, 0.4) is 0 Å². The van der Waals surface area contributed by atoms with Crippen molar-refractivity contribution in [2.24, 2.45) is 11.3 Å². The number of nitriles is 1. The van der Waals surface area contributed by atoms with Crippen molar-refractivity contribution in [2.45, 2.75) is 58.9 Å². The molecule has 1 N–H and O–H groups in total. The summed E-state index contributed by atoms with van der Waals surface area (Å²) in [7, 11) is 0. The highest BCUT2D eigenvalue weighted by Crippen LogP contribution is 2.37. The van der Waals surface area contributed by atoms with E-state index in [0.717, 1.165) is 11.6 Å². The van der Waals surface area contributed by atoms with Crippen molar-refractivity contribution in [1.29, 1.82) is 5.26 Å². The fraction of sp³-hybridized carbons (Fsp3) is 0.611. The molecule has 0 saturated heterocycles. The molecule has 1 saturated carbocycles. The molecular weight excluding hydrogens is 280 g/mol. The van der Waals surface area contributed by atoms with E-state index in [9.17, 15) is 0 Å². The number of rotatable bonds is 2. The van der Waals surface area contributed by atoms with Gasteiger partial charge in [-0.25, -0.2) is 0 Å². The number of hydrogen-bond donors (Lipinski definition) is 1. The van der Waals surface area contributed by atoms with E-state index in [1.165, 1.54) is 32.1 Å². The summed E-state index contributed by atoms with van der Waals surface area (Å²) in [6.45, 7) is 7.04. The van der Waals surface area contributed by atoms with E-state index in [1.54, 1.807) is 12.1 Å². The third kappa shape index (κ3) is 4.38. The van der Waals surface area contributed by atoms with Gasteiger partial charge in [0.2, 0.25) is 0 Å². The first-order valence-electron chi connectivity index (χ1n) is 7.86. The highest BCUT2D eigenvalue weighted by molar-refractivity contribution is 6.33. The number of nitrogens with one attached hydrogen (secondary N) is 1. The minimum Gasteiger partial charge on any atom is -0.381 e. The van der Waals surface area contributed by atoms with E-state index >= 15 is 0 Å². The van der Waals surface area contributed by atoms with Gasteiger partial charge in [-0.1, -0.05) is 38.8 Å². The van der Waals surface area contributed by atoms with Gasteiger partial charge in [0.25, 0.3) is 0 Å². The lowest BCUT2D eigenvalue weighted by Crippen LogP contribution is -2.21. The van der Waals surface area contributed by atoms with Crippen LogP contribution >= 0.6 is 11.6 Å². The Labute approximate surface area is 133 Å². The Morgan fingerprint density at radius 2 is 1.95 bits per heavy atom. The van der Waals surface area contributed by atoms with Crippen molar-refractivity contribution in [3.8, 4) is 6.07 Å². The number of nitrogens with zero attached hydrogens (tertiary/aromatic N) is 1. The van der Waals surface area contributed by atoms with Crippen LogP contribution in [0.15, 0.2) is 18.2 Å². The maximum Gasteiger partial charge on any atom is 0.0992 e. The standard InChI is InChI=1S/C18H25ClN2/c1-18(2,3)14-5-4-6-15(9-8-14)21-17-11-13(12-20)7-10-16(17)19/h7,10-11,14-15,21H,4-6,8-9H2,1-3H3. The molecule has 0 spiro atoms. The van der Waals surface area contributed by atoms with Gasteiger partial charge in [0.15, 0.2) is 0 Å². The van der Waals surface area contributed by atoms with Crippen LogP contribution in [-0.2, 0) is 0 Å². The van der Waals surface area contributed by atoms with Crippen LogP contribution in [0.2, 0.25) is 5.02 Å². The number of anilines is 1. The van der Waals surface area contributed by atoms with Gasteiger partial charge in [-0.05, 0) is 55.2 Å². The minimum absolute atomic E-state index is 0.396. The quantitative estimate of drug-likeness (QED) is 0.720. The smallest absolute Gasteiger partial charge is 0.0992 e. The van der Waals surface area contributed by atoms with Gasteiger partial charge in [-0.15, -0.1) is 0 Å². The van der Waals surface area contributed by atoms with Crippen LogP contribution < -0.4 is 5.32 Å². The molecule has 0 heterocycles. The van der Waals surface area contributed by atoms with Gasteiger partial charge in [-0.3, -0.25) is 0 Å². The fourth-order valence-corrected chi connectivity index (χ4v) is 3.41. The van der Waals surface area contributed by atoms with Crippen molar-refractivity contribution in [1.82, 2.24) is 0 Å². The zero-order valence-corrected chi connectivity index (χ0v) is 14.0. The van der Waals surface area contributed by atoms with Crippen LogP contribution in [0.4, 0.5) is 5.69 Å². The molecule has 0 aliphatic heterocycles. The van der Waals surface area contributed by atoms with Crippen LogP contribution in [-0.4, -0.2) is 6.04 Å². The Balaban J connectivity index is 2.03. The van der Waals surface area contributed by atoms with Gasteiger partial charge in [-0.2, -0.15) is 5.26 Å². The molecule has 0 bridgehead atoms. The summed E-state index contributed by atoms with van der Waals surface area (Å²) < 4.78 is 0. The molecule has 21 heavy (non-hydrogen) atoms. The van der Waals surface area contributed by atoms with Crippen LogP contribution in [0.5, 0.6) is 0 Å². The van der Waals surface area contributed by atoms with E-state index in [-0.39, 0.29) is 0 Å². The lowest BCUT2D eigenvalue weighted by atomic mass is 9.76. The van der Waals surface area contributed by atoms with Gasteiger partial charge < -0.3 is 5.32 Å². The highest BCUT2D eigenvalue weighted by atomic mass is 35.5. The Kier molecular flexibility index (Phi) is 5.17. The van der Waals surface area contributed by atoms with E-state index < -0.39 is 0 Å². The molecule has 1 aromatic carbocycles. The summed E-state index contributed by atoms with van der Waals surface area (Å²) in [6, 6.07) is 8.05. The first-order valence-corrected chi connectivity index (χ1v) is 8.24. The first kappa shape index (κ1) is 16.2. The summed E-state index contributed by atoms with van der Waals surface area (Å²) in [5.41, 5.74) is 1.95. The second-order valence-electron chi connectivity index (χ2n) is 7.22. The predicted octanol–water partition coefficient (Wildman–Crippen LogP) is 5.62. The third-order valence-corrected chi connectivity index (χ3v) is 4.98. The van der Waals surface area contributed by atoms with E-state index in [1.807, 2.05) is 6.07 Å². The van der Waals surface area contributed by atoms with Gasteiger partial charge in [0.05, 0.1) is 22.3 Å². The molecule has 1 aliphatic rings. The Hall–Kier alpha value is -1.20. The Morgan fingerprint density at radius 1 is 1.19 bits per heavy atom. The average molecular weight is 305 g/mol. The van der Waals surface area contributed by atoms with Gasteiger partial charge in [0.1, 0.15) is 0 Å². The number of hydrogen-bond acceptors (Lipinski definition) is 2. The predicted molar refractivity (Wildman–Crippen MR) is 89.6 cm³/mol. The summed E-state index contributed by atoms with van der Waals surface area (Å²) >= 11 is 6.24. The third-order valence-electron chi connectivity index (χ3n) is 4.65. The zero-order valence-electron chi connectivity index (χ0n) is 13.2. The molecule has 2 unspecified atom stereocenters. The van der Waals surface area contributed by atoms with E-state index in [2.05, 4.69) is 32.2 Å². The normalized spacial score (nSPS) is 23.2. The number of halogens is 1. The molecule has 0 amide bonds. The van der Waals surface area contributed by atoms with Crippen molar-refractivity contribution in [3.63, 3.8) is 0 Å². The van der Waals surface area contributed by atoms with Crippen molar-refractivity contribution >= 4 is 17.3 Å². The topological polar surface area (TPSA) is 35.8 Å². The molecule has 3 heteroatoms. The minimum atomic E-state index is 0.396. The monoisotopic (exact) mass is 304 g/mol. The summed E-state index contributed by atoms with van der Waals surface area (Å²) in [4.78, 5) is 0. The number of benzene rings is 1. The molecule has 2 nitrogen and oxygen atoms in total. The maximum absolute atomic E-state index is 9.01. The lowest BCUT2D eigenvalue weighted by Gasteiger charge is -2.29. The molecule has 2 atom stereocenters. The second-order valence-corrected chi connectivity index (χ2v) is 7.63. The van der Waals surface area contributed by atoms with Crippen LogP contribution in [0.25, 0.3) is 0 Å². The average Bonchev–Trinajstić information content (AvgIpc) is 2.66. The molecule has 1 fully saturated rings. The zero-order chi connectivity index (χ0) is 15.5. The maximum atomic E-state index is 9.01. The molecule has 1 aromatic rings. The lowest BCUT2D eigenvalue weighted by molar-refractivity contribution is 0.214. The Bertz CT molecular complexity index is 525. The largest absolute Gasteiger partial charge is 0.381 e. The Morgan fingerprint density at radius 3 is 2.62 bits per heavy atom. The molecule has 114 valence electrons. The molecular formula is C18H25ClN2. The highest BCUT2D eigenvalue weighted by Gasteiger charge is 2.27. The summed E-state index contributed by atoms with van der Waals surface area (Å²) in [6.07, 6.45) is 6.19. The summed E-state index contributed by atoms with van der Waals surface area (Å²) in [5, 5.41) is 13.3. The SMILES string of the molecule is CC(C)(C)C1CCCC(Nc2cc(C#N)ccc2Cl)CC1. The molecule has 0 aromatic heterocycles. The summed E-state index contributed by atoms with van der Waals surface area (Å²) in [5.74, 6) is 0.796. The van der Waals surface area contributed by atoms with Gasteiger partial charge >= 0.3 is 0 Å². The van der Waals surface area contributed by atoms with Crippen LogP contribution in [0.1, 0.15) is 58.4 Å². The van der Waals surface area contributed by atoms with Crippen LogP contribution in [0, 0.1) is 22.7 Å². The second kappa shape index (κ2) is 6.71. The van der Waals surface area contributed by atoms with E-state index in [4.69, 9.17) is 16.9 Å². The van der Waals surface area contributed by atoms with E-state index in [0.29, 0.717) is 22.0 Å². The first-order chi connectivity index (χ1) is 9.90. The molecule has 0 radical (unpaired) electrons. The van der Waals surface area contributed by atoms with Crippen molar-refractivity contribution in [2.75, 3.05) is 5.32 Å². The van der Waals surface area contributed by atoms with Crippen molar-refractivity contribution in [3.05, 3.63) is 28.8 Å². The van der Waals surface area contributed by atoms with Crippen molar-refractivity contribution < 1.29 is 0 Å². The fourth-order valence-electron chi connectivity index (χ4n) is 3.24.